The summed E-state index contributed by atoms with van der Waals surface area (Å²) in [5.41, 5.74) is 2.10. The number of carbonyl (C=O) groups is 1. The van der Waals surface area contributed by atoms with Gasteiger partial charge in [-0.1, -0.05) is 41.4 Å². The lowest BCUT2D eigenvalue weighted by atomic mass is 9.95. The molecule has 3 nitrogen and oxygen atoms in total. The van der Waals surface area contributed by atoms with Gasteiger partial charge in [-0.3, -0.25) is 4.79 Å². The second kappa shape index (κ2) is 7.90. The topological polar surface area (TPSA) is 23.6 Å². The van der Waals surface area contributed by atoms with Crippen molar-refractivity contribution in [1.29, 1.82) is 0 Å². The van der Waals surface area contributed by atoms with E-state index >= 15 is 0 Å². The molecule has 0 spiro atoms. The number of piperidine rings is 1. The summed E-state index contributed by atoms with van der Waals surface area (Å²) in [6, 6.07) is 5.56. The first-order valence-corrected chi connectivity index (χ1v) is 9.43. The molecule has 5 heteroatoms. The van der Waals surface area contributed by atoms with Crippen molar-refractivity contribution in [2.45, 2.75) is 38.1 Å². The molecular formula is C19H24Cl2N2O. The van der Waals surface area contributed by atoms with E-state index in [4.69, 9.17) is 23.2 Å². The Kier molecular flexibility index (Phi) is 5.85. The highest BCUT2D eigenvalue weighted by molar-refractivity contribution is 6.42. The maximum atomic E-state index is 12.9. The number of rotatable bonds is 4. The average Bonchev–Trinajstić information content (AvgIpc) is 3.06. The van der Waals surface area contributed by atoms with Gasteiger partial charge in [0, 0.05) is 13.1 Å². The normalized spacial score (nSPS) is 22.2. The molecule has 1 aromatic carbocycles. The molecular weight excluding hydrogens is 343 g/mol. The second-order valence-electron chi connectivity index (χ2n) is 6.80. The third kappa shape index (κ3) is 4.14. The molecule has 2 heterocycles. The number of nitrogens with zero attached hydrogens (tertiary/aromatic N) is 2. The fourth-order valence-electron chi connectivity index (χ4n) is 3.68. The summed E-state index contributed by atoms with van der Waals surface area (Å²) in [5, 5.41) is 1.02. The van der Waals surface area contributed by atoms with Gasteiger partial charge in [-0.05, 0) is 56.5 Å². The Morgan fingerprint density at radius 1 is 1.12 bits per heavy atom. The van der Waals surface area contributed by atoms with Gasteiger partial charge in [-0.25, -0.2) is 0 Å². The SMILES string of the molecule is C=C1CCCN(C(=O)Cc2ccc(Cl)c(Cl)c2)[C@@H]1CN1CCCC1. The fourth-order valence-corrected chi connectivity index (χ4v) is 4.00. The number of hydrogen-bond donors (Lipinski definition) is 0. The highest BCUT2D eigenvalue weighted by Gasteiger charge is 2.31. The van der Waals surface area contributed by atoms with Crippen molar-refractivity contribution in [2.75, 3.05) is 26.2 Å². The van der Waals surface area contributed by atoms with E-state index in [1.165, 1.54) is 18.4 Å². The van der Waals surface area contributed by atoms with Crippen molar-refractivity contribution < 1.29 is 4.79 Å². The third-order valence-corrected chi connectivity index (χ3v) is 5.77. The van der Waals surface area contributed by atoms with Crippen LogP contribution in [0.4, 0.5) is 0 Å². The number of likely N-dealkylation sites (tertiary alicyclic amines) is 2. The van der Waals surface area contributed by atoms with E-state index in [0.29, 0.717) is 16.5 Å². The van der Waals surface area contributed by atoms with Crippen LogP contribution in [0.1, 0.15) is 31.2 Å². The van der Waals surface area contributed by atoms with Gasteiger partial charge in [0.25, 0.3) is 0 Å². The predicted octanol–water partition coefficient (Wildman–Crippen LogP) is 4.18. The van der Waals surface area contributed by atoms with Crippen LogP contribution in [-0.2, 0) is 11.2 Å². The number of halogens is 2. The van der Waals surface area contributed by atoms with Crippen molar-refractivity contribution in [3.63, 3.8) is 0 Å². The van der Waals surface area contributed by atoms with E-state index in [-0.39, 0.29) is 11.9 Å². The maximum absolute atomic E-state index is 12.9. The second-order valence-corrected chi connectivity index (χ2v) is 7.61. The molecule has 0 bridgehead atoms. The van der Waals surface area contributed by atoms with Crippen LogP contribution >= 0.6 is 23.2 Å². The monoisotopic (exact) mass is 366 g/mol. The van der Waals surface area contributed by atoms with E-state index in [1.807, 2.05) is 11.0 Å². The highest BCUT2D eigenvalue weighted by atomic mass is 35.5. The molecule has 24 heavy (non-hydrogen) atoms. The number of hydrogen-bond acceptors (Lipinski definition) is 2. The van der Waals surface area contributed by atoms with Gasteiger partial charge in [0.2, 0.25) is 5.91 Å². The molecule has 2 saturated heterocycles. The molecule has 1 amide bonds. The standard InChI is InChI=1S/C19H24Cl2N2O/c1-14-5-4-10-23(18(14)13-22-8-2-3-9-22)19(24)12-15-6-7-16(20)17(21)11-15/h6-7,11,18H,1-5,8-10,12-13H2/t18-/m1/s1. The molecule has 0 aromatic heterocycles. The lowest BCUT2D eigenvalue weighted by Crippen LogP contribution is -2.50. The van der Waals surface area contributed by atoms with Crippen molar-refractivity contribution in [3.05, 3.63) is 46.0 Å². The molecule has 0 saturated carbocycles. The molecule has 2 aliphatic heterocycles. The molecule has 0 unspecified atom stereocenters. The first-order valence-electron chi connectivity index (χ1n) is 8.68. The lowest BCUT2D eigenvalue weighted by Gasteiger charge is -2.39. The summed E-state index contributed by atoms with van der Waals surface area (Å²) in [6.45, 7) is 8.26. The molecule has 0 radical (unpaired) electrons. The van der Waals surface area contributed by atoms with E-state index in [2.05, 4.69) is 11.5 Å². The summed E-state index contributed by atoms with van der Waals surface area (Å²) in [5.74, 6) is 0.151. The number of benzene rings is 1. The first kappa shape index (κ1) is 17.8. The minimum absolute atomic E-state index is 0.145. The van der Waals surface area contributed by atoms with E-state index in [9.17, 15) is 4.79 Å². The summed E-state index contributed by atoms with van der Waals surface area (Å²) in [6.07, 6.45) is 4.91. The van der Waals surface area contributed by atoms with Crippen LogP contribution in [0, 0.1) is 0 Å². The Balaban J connectivity index is 1.70. The van der Waals surface area contributed by atoms with Gasteiger partial charge < -0.3 is 9.80 Å². The number of amides is 1. The first-order chi connectivity index (χ1) is 11.5. The third-order valence-electron chi connectivity index (χ3n) is 5.03. The molecule has 1 atom stereocenters. The van der Waals surface area contributed by atoms with Crippen molar-refractivity contribution in [1.82, 2.24) is 9.80 Å². The Morgan fingerprint density at radius 3 is 2.58 bits per heavy atom. The van der Waals surface area contributed by atoms with Crippen LogP contribution in [0.2, 0.25) is 10.0 Å². The van der Waals surface area contributed by atoms with Crippen LogP contribution in [0.3, 0.4) is 0 Å². The van der Waals surface area contributed by atoms with E-state index in [1.54, 1.807) is 12.1 Å². The molecule has 2 aliphatic rings. The van der Waals surface area contributed by atoms with Crippen LogP contribution in [0.5, 0.6) is 0 Å². The quantitative estimate of drug-likeness (QED) is 0.746. The molecule has 130 valence electrons. The summed E-state index contributed by atoms with van der Waals surface area (Å²) < 4.78 is 0. The van der Waals surface area contributed by atoms with Gasteiger partial charge in [-0.2, -0.15) is 0 Å². The minimum Gasteiger partial charge on any atom is -0.334 e. The zero-order valence-corrected chi connectivity index (χ0v) is 15.5. The highest BCUT2D eigenvalue weighted by Crippen LogP contribution is 2.26. The van der Waals surface area contributed by atoms with Gasteiger partial charge in [-0.15, -0.1) is 0 Å². The van der Waals surface area contributed by atoms with Crippen molar-refractivity contribution in [2.24, 2.45) is 0 Å². The predicted molar refractivity (Wildman–Crippen MR) is 99.7 cm³/mol. The van der Waals surface area contributed by atoms with Gasteiger partial charge >= 0.3 is 0 Å². The van der Waals surface area contributed by atoms with E-state index in [0.717, 1.165) is 44.6 Å². The zero-order valence-electron chi connectivity index (χ0n) is 13.9. The minimum atomic E-state index is 0.145. The van der Waals surface area contributed by atoms with Gasteiger partial charge in [0.05, 0.1) is 22.5 Å². The van der Waals surface area contributed by atoms with Crippen LogP contribution in [0.15, 0.2) is 30.4 Å². The van der Waals surface area contributed by atoms with Crippen LogP contribution < -0.4 is 0 Å². The maximum Gasteiger partial charge on any atom is 0.227 e. The molecule has 0 aliphatic carbocycles. The van der Waals surface area contributed by atoms with Crippen molar-refractivity contribution >= 4 is 29.1 Å². The largest absolute Gasteiger partial charge is 0.334 e. The Morgan fingerprint density at radius 2 is 1.88 bits per heavy atom. The van der Waals surface area contributed by atoms with Gasteiger partial charge in [0.15, 0.2) is 0 Å². The van der Waals surface area contributed by atoms with E-state index < -0.39 is 0 Å². The average molecular weight is 367 g/mol. The number of carbonyl (C=O) groups excluding carboxylic acids is 1. The molecule has 0 N–H and O–H groups in total. The van der Waals surface area contributed by atoms with Crippen molar-refractivity contribution in [3.8, 4) is 0 Å². The summed E-state index contributed by atoms with van der Waals surface area (Å²) in [4.78, 5) is 17.4. The smallest absolute Gasteiger partial charge is 0.227 e. The Labute approximate surface area is 154 Å². The molecule has 2 fully saturated rings. The summed E-state index contributed by atoms with van der Waals surface area (Å²) in [7, 11) is 0. The Bertz CT molecular complexity index is 626. The zero-order chi connectivity index (χ0) is 17.1. The molecule has 3 rings (SSSR count). The van der Waals surface area contributed by atoms with Gasteiger partial charge in [0.1, 0.15) is 0 Å². The Hall–Kier alpha value is -1.03. The van der Waals surface area contributed by atoms with Crippen LogP contribution in [-0.4, -0.2) is 47.9 Å². The molecule has 1 aromatic rings. The fraction of sp³-hybridized carbons (Fsp3) is 0.526. The lowest BCUT2D eigenvalue weighted by molar-refractivity contribution is -0.133. The van der Waals surface area contributed by atoms with Crippen LogP contribution in [0.25, 0.3) is 0 Å². The summed E-state index contributed by atoms with van der Waals surface area (Å²) >= 11 is 12.0.